The van der Waals surface area contributed by atoms with Crippen molar-refractivity contribution >= 4 is 71.6 Å². The maximum atomic E-state index is 6.22. The van der Waals surface area contributed by atoms with Gasteiger partial charge in [-0.3, -0.25) is 0 Å². The van der Waals surface area contributed by atoms with Crippen LogP contribution < -0.4 is 4.90 Å². The lowest BCUT2D eigenvalue weighted by Gasteiger charge is -2.29. The average Bonchev–Trinajstić information content (AvgIpc) is 3.88. The number of furan rings is 1. The van der Waals surface area contributed by atoms with E-state index in [2.05, 4.69) is 228 Å². The van der Waals surface area contributed by atoms with E-state index in [1.807, 2.05) is 12.1 Å². The van der Waals surface area contributed by atoms with Crippen molar-refractivity contribution in [1.82, 2.24) is 4.57 Å². The summed E-state index contributed by atoms with van der Waals surface area (Å²) in [5, 5.41) is 7.17. The minimum Gasteiger partial charge on any atom is -0.456 e. The molecule has 10 aromatic carbocycles. The van der Waals surface area contributed by atoms with Gasteiger partial charge in [0.1, 0.15) is 11.2 Å². The Morgan fingerprint density at radius 2 is 0.869 bits per heavy atom. The van der Waals surface area contributed by atoms with E-state index in [9.17, 15) is 0 Å². The van der Waals surface area contributed by atoms with Gasteiger partial charge in [0, 0.05) is 43.9 Å². The van der Waals surface area contributed by atoms with Crippen LogP contribution >= 0.6 is 0 Å². The van der Waals surface area contributed by atoms with Crippen LogP contribution in [-0.4, -0.2) is 4.57 Å². The number of nitrogens with zero attached hydrogens (tertiary/aromatic N) is 2. The van der Waals surface area contributed by atoms with E-state index < -0.39 is 0 Å². The molecule has 0 unspecified atom stereocenters. The van der Waals surface area contributed by atoms with E-state index >= 15 is 0 Å². The molecule has 0 aliphatic carbocycles. The lowest BCUT2D eigenvalue weighted by molar-refractivity contribution is 0.669. The Kier molecular flexibility index (Phi) is 8.17. The summed E-state index contributed by atoms with van der Waals surface area (Å²) in [6.45, 7) is 0. The number of aromatic nitrogens is 1. The molecule has 3 heteroatoms. The maximum Gasteiger partial charge on any atom is 0.135 e. The van der Waals surface area contributed by atoms with Crippen molar-refractivity contribution in [2.45, 2.75) is 0 Å². The normalized spacial score (nSPS) is 11.6. The van der Waals surface area contributed by atoms with Gasteiger partial charge in [-0.2, -0.15) is 0 Å². The van der Waals surface area contributed by atoms with E-state index in [1.54, 1.807) is 0 Å². The first-order valence-corrected chi connectivity index (χ1v) is 20.8. The molecule has 0 bridgehead atoms. The summed E-state index contributed by atoms with van der Waals surface area (Å²) in [4.78, 5) is 2.41. The summed E-state index contributed by atoms with van der Waals surface area (Å²) in [5.41, 5.74) is 15.7. The second kappa shape index (κ2) is 14.3. The lowest BCUT2D eigenvalue weighted by Crippen LogP contribution is -2.11. The van der Waals surface area contributed by atoms with Gasteiger partial charge in [0.25, 0.3) is 0 Å². The van der Waals surface area contributed by atoms with Crippen LogP contribution in [0.25, 0.3) is 93.6 Å². The van der Waals surface area contributed by atoms with Crippen LogP contribution in [0, 0.1) is 0 Å². The molecule has 0 N–H and O–H groups in total. The van der Waals surface area contributed by atoms with Gasteiger partial charge in [-0.25, -0.2) is 0 Å². The van der Waals surface area contributed by atoms with Crippen molar-refractivity contribution in [2.24, 2.45) is 0 Å². The monoisotopic (exact) mass is 778 g/mol. The highest BCUT2D eigenvalue weighted by atomic mass is 16.3. The highest BCUT2D eigenvalue weighted by molar-refractivity contribution is 6.10. The van der Waals surface area contributed by atoms with Gasteiger partial charge in [-0.1, -0.05) is 164 Å². The lowest BCUT2D eigenvalue weighted by atomic mass is 9.98. The summed E-state index contributed by atoms with van der Waals surface area (Å²) in [6, 6.07) is 83.0. The zero-order chi connectivity index (χ0) is 40.3. The highest BCUT2D eigenvalue weighted by Gasteiger charge is 2.20. The highest BCUT2D eigenvalue weighted by Crippen LogP contribution is 2.45. The number of para-hydroxylation sites is 4. The summed E-state index contributed by atoms with van der Waals surface area (Å²) in [7, 11) is 0. The topological polar surface area (TPSA) is 21.3 Å². The Bertz CT molecular complexity index is 3530. The minimum atomic E-state index is 0.893. The third kappa shape index (κ3) is 5.90. The molecule has 0 spiro atoms. The van der Waals surface area contributed by atoms with Crippen LogP contribution in [-0.2, 0) is 0 Å². The van der Waals surface area contributed by atoms with Crippen molar-refractivity contribution in [3.05, 3.63) is 231 Å². The number of hydrogen-bond donors (Lipinski definition) is 0. The molecular formula is C58H38N2O. The molecule has 0 saturated carbocycles. The molecule has 0 fully saturated rings. The molecule has 0 aliphatic rings. The number of anilines is 3. The Labute approximate surface area is 353 Å². The molecule has 61 heavy (non-hydrogen) atoms. The number of fused-ring (bicyclic) bond motifs is 7. The molecule has 2 aromatic heterocycles. The summed E-state index contributed by atoms with van der Waals surface area (Å²) in [5.74, 6) is 0. The number of hydrogen-bond acceptors (Lipinski definition) is 2. The van der Waals surface area contributed by atoms with Gasteiger partial charge in [0.2, 0.25) is 0 Å². The number of benzene rings is 10. The molecule has 0 saturated heterocycles. The van der Waals surface area contributed by atoms with Crippen molar-refractivity contribution in [3.8, 4) is 39.1 Å². The fraction of sp³-hybridized carbons (Fsp3) is 0. The van der Waals surface area contributed by atoms with Crippen LogP contribution in [0.5, 0.6) is 0 Å². The number of rotatable bonds is 7. The molecule has 0 amide bonds. The van der Waals surface area contributed by atoms with E-state index in [-0.39, 0.29) is 0 Å². The second-order valence-corrected chi connectivity index (χ2v) is 15.7. The molecular weight excluding hydrogens is 741 g/mol. The Morgan fingerprint density at radius 1 is 0.328 bits per heavy atom. The van der Waals surface area contributed by atoms with Gasteiger partial charge in [-0.15, -0.1) is 0 Å². The van der Waals surface area contributed by atoms with Gasteiger partial charge >= 0.3 is 0 Å². The largest absolute Gasteiger partial charge is 0.456 e. The third-order valence-corrected chi connectivity index (χ3v) is 12.2. The fourth-order valence-corrected chi connectivity index (χ4v) is 9.30. The minimum absolute atomic E-state index is 0.893. The van der Waals surface area contributed by atoms with Crippen molar-refractivity contribution in [1.29, 1.82) is 0 Å². The van der Waals surface area contributed by atoms with E-state index in [1.165, 1.54) is 49.3 Å². The van der Waals surface area contributed by atoms with Gasteiger partial charge < -0.3 is 13.9 Å². The first kappa shape index (κ1) is 34.9. The molecule has 0 radical (unpaired) electrons. The van der Waals surface area contributed by atoms with E-state index in [4.69, 9.17) is 4.42 Å². The first-order valence-electron chi connectivity index (χ1n) is 20.8. The second-order valence-electron chi connectivity index (χ2n) is 15.7. The molecule has 0 aliphatic heterocycles. The zero-order valence-corrected chi connectivity index (χ0v) is 33.2. The predicted molar refractivity (Wildman–Crippen MR) is 257 cm³/mol. The van der Waals surface area contributed by atoms with Crippen LogP contribution in [0.4, 0.5) is 17.1 Å². The smallest absolute Gasteiger partial charge is 0.135 e. The van der Waals surface area contributed by atoms with Crippen molar-refractivity contribution < 1.29 is 4.42 Å². The molecule has 12 aromatic rings. The van der Waals surface area contributed by atoms with Crippen LogP contribution in [0.15, 0.2) is 235 Å². The van der Waals surface area contributed by atoms with Gasteiger partial charge in [0.15, 0.2) is 0 Å². The molecule has 3 nitrogen and oxygen atoms in total. The molecule has 0 atom stereocenters. The maximum absolute atomic E-state index is 6.22. The predicted octanol–water partition coefficient (Wildman–Crippen LogP) is 16.3. The van der Waals surface area contributed by atoms with Crippen molar-refractivity contribution in [3.63, 3.8) is 0 Å². The van der Waals surface area contributed by atoms with Crippen LogP contribution in [0.3, 0.4) is 0 Å². The molecule has 12 rings (SSSR count). The van der Waals surface area contributed by atoms with Crippen LogP contribution in [0.2, 0.25) is 0 Å². The zero-order valence-electron chi connectivity index (χ0n) is 33.2. The van der Waals surface area contributed by atoms with Gasteiger partial charge in [0.05, 0.1) is 22.4 Å². The molecule has 286 valence electrons. The van der Waals surface area contributed by atoms with E-state index in [0.717, 1.165) is 61.4 Å². The summed E-state index contributed by atoms with van der Waals surface area (Å²) < 4.78 is 8.60. The van der Waals surface area contributed by atoms with E-state index in [0.29, 0.717) is 0 Å². The Balaban J connectivity index is 0.915. The SMILES string of the molecule is c1cc(-c2ccc(-c3ccc(N(c4ccccc4-c4ccc5oc6ccccc6c5c4)c4cccc5ccccc45)cc3)cc2)cc(-n2c3ccccc3c3ccccc32)c1. The Hall–Kier alpha value is -8.14. The Morgan fingerprint density at radius 3 is 1.64 bits per heavy atom. The van der Waals surface area contributed by atoms with Crippen LogP contribution in [0.1, 0.15) is 0 Å². The molecule has 2 heterocycles. The quantitative estimate of drug-likeness (QED) is 0.161. The summed E-state index contributed by atoms with van der Waals surface area (Å²) in [6.07, 6.45) is 0. The average molecular weight is 779 g/mol. The third-order valence-electron chi connectivity index (χ3n) is 12.2. The fourth-order valence-electron chi connectivity index (χ4n) is 9.30. The first-order chi connectivity index (χ1) is 30.2. The standard InChI is InChI=1S/C58H38N2O/c1-2-17-47-42(13-1)14-12-25-54(47)59(53-22-7-3-18-48(53)44-33-36-58-52(38-44)51-21-6-10-26-57(51)61-58)45-34-31-40(32-35-45)39-27-29-41(30-28-39)43-15-11-16-46(37-43)60-55-23-8-4-19-49(55)50-20-5-9-24-56(50)60/h1-38H. The van der Waals surface area contributed by atoms with Crippen molar-refractivity contribution in [2.75, 3.05) is 4.90 Å². The van der Waals surface area contributed by atoms with Gasteiger partial charge in [-0.05, 0) is 99.9 Å². The summed E-state index contributed by atoms with van der Waals surface area (Å²) >= 11 is 0.